The Morgan fingerprint density at radius 3 is 2.42 bits per heavy atom. The molecule has 2 aromatic carbocycles. The van der Waals surface area contributed by atoms with Crippen LogP contribution in [-0.2, 0) is 19.4 Å². The van der Waals surface area contributed by atoms with Crippen molar-refractivity contribution >= 4 is 56.3 Å². The summed E-state index contributed by atoms with van der Waals surface area (Å²) in [4.78, 5) is 38.2. The van der Waals surface area contributed by atoms with E-state index in [1.54, 1.807) is 37.5 Å². The predicted molar refractivity (Wildman–Crippen MR) is 127 cm³/mol. The number of methoxy groups -OCH3 is 1. The number of rotatable bonds is 9. The van der Waals surface area contributed by atoms with E-state index in [-0.39, 0.29) is 35.1 Å². The molecule has 3 rings (SSSR count). The fraction of sp³-hybridized carbons (Fsp3) is 0.227. The Balaban J connectivity index is 1.49. The van der Waals surface area contributed by atoms with Crippen LogP contribution >= 0.6 is 23.4 Å². The number of sulfone groups is 1. The molecule has 2 aromatic rings. The third kappa shape index (κ3) is 6.59. The highest BCUT2D eigenvalue weighted by Gasteiger charge is 2.34. The minimum atomic E-state index is -3.63. The zero-order chi connectivity index (χ0) is 24.0. The van der Waals surface area contributed by atoms with Crippen molar-refractivity contribution in [3.63, 3.8) is 0 Å². The van der Waals surface area contributed by atoms with Crippen LogP contribution in [0.25, 0.3) is 6.08 Å². The van der Waals surface area contributed by atoms with Gasteiger partial charge in [-0.05, 0) is 59.8 Å². The van der Waals surface area contributed by atoms with Crippen LogP contribution in [0.1, 0.15) is 12.0 Å². The van der Waals surface area contributed by atoms with E-state index in [1.807, 2.05) is 0 Å². The summed E-state index contributed by atoms with van der Waals surface area (Å²) in [6.45, 7) is 0.00791. The standard InChI is InChI=1S/C22H21ClN2O6S2/c1-31-17-6-2-15(3-7-17)14-19-21(27)25(22(28)32-19)12-11-24-20(26)10-13-33(29,30)18-8-4-16(23)5-9-18/h2-9,14H,10-13H2,1H3,(H,24,26). The van der Waals surface area contributed by atoms with Gasteiger partial charge in [0.05, 0.1) is 22.7 Å². The molecule has 8 nitrogen and oxygen atoms in total. The summed E-state index contributed by atoms with van der Waals surface area (Å²) in [5, 5.41) is 2.53. The number of thioether (sulfide) groups is 1. The fourth-order valence-corrected chi connectivity index (χ4v) is 5.16. The number of benzene rings is 2. The quantitative estimate of drug-likeness (QED) is 0.517. The van der Waals surface area contributed by atoms with Crippen LogP contribution in [0.3, 0.4) is 0 Å². The Bertz CT molecular complexity index is 1180. The first kappa shape index (κ1) is 24.8. The Hall–Kier alpha value is -2.82. The topological polar surface area (TPSA) is 110 Å². The monoisotopic (exact) mass is 508 g/mol. The number of ether oxygens (including phenoxy) is 1. The predicted octanol–water partition coefficient (Wildman–Crippen LogP) is 3.37. The van der Waals surface area contributed by atoms with Gasteiger partial charge in [0.25, 0.3) is 11.1 Å². The number of halogens is 1. The number of nitrogens with zero attached hydrogens (tertiary/aromatic N) is 1. The van der Waals surface area contributed by atoms with Gasteiger partial charge in [-0.25, -0.2) is 8.42 Å². The van der Waals surface area contributed by atoms with Gasteiger partial charge in [-0.2, -0.15) is 0 Å². The molecule has 1 saturated heterocycles. The molecular formula is C22H21ClN2O6S2. The first-order valence-corrected chi connectivity index (χ1v) is 12.7. The van der Waals surface area contributed by atoms with Gasteiger partial charge in [-0.15, -0.1) is 0 Å². The third-order valence-corrected chi connectivity index (χ3v) is 7.61. The highest BCUT2D eigenvalue weighted by Crippen LogP contribution is 2.32. The second-order valence-corrected chi connectivity index (χ2v) is 10.5. The van der Waals surface area contributed by atoms with Crippen molar-refractivity contribution < 1.29 is 27.5 Å². The number of hydrogen-bond donors (Lipinski definition) is 1. The van der Waals surface area contributed by atoms with Crippen LogP contribution in [-0.4, -0.2) is 56.3 Å². The second kappa shape index (κ2) is 10.9. The van der Waals surface area contributed by atoms with Gasteiger partial charge in [-0.1, -0.05) is 23.7 Å². The third-order valence-electron chi connectivity index (χ3n) is 4.72. The molecule has 0 aromatic heterocycles. The van der Waals surface area contributed by atoms with Gasteiger partial charge in [0.1, 0.15) is 5.75 Å². The Morgan fingerprint density at radius 2 is 1.79 bits per heavy atom. The van der Waals surface area contributed by atoms with Crippen molar-refractivity contribution in [3.05, 3.63) is 64.0 Å². The Labute approximate surface area is 200 Å². The SMILES string of the molecule is COc1ccc(C=C2SC(=O)N(CCNC(=O)CCS(=O)(=O)c3ccc(Cl)cc3)C2=O)cc1. The minimum Gasteiger partial charge on any atom is -0.497 e. The van der Waals surface area contributed by atoms with Crippen molar-refractivity contribution in [2.24, 2.45) is 0 Å². The van der Waals surface area contributed by atoms with Crippen LogP contribution in [0.2, 0.25) is 5.02 Å². The average molecular weight is 509 g/mol. The van der Waals surface area contributed by atoms with Crippen LogP contribution in [0.5, 0.6) is 5.75 Å². The van der Waals surface area contributed by atoms with Crippen molar-refractivity contribution in [3.8, 4) is 5.75 Å². The van der Waals surface area contributed by atoms with E-state index in [9.17, 15) is 22.8 Å². The number of hydrogen-bond acceptors (Lipinski definition) is 7. The summed E-state index contributed by atoms with van der Waals surface area (Å²) in [5.41, 5.74) is 0.747. The molecule has 1 aliphatic heterocycles. The van der Waals surface area contributed by atoms with Gasteiger partial charge in [0, 0.05) is 24.5 Å². The van der Waals surface area contributed by atoms with Gasteiger partial charge in [0.2, 0.25) is 5.91 Å². The van der Waals surface area contributed by atoms with Crippen molar-refractivity contribution in [1.29, 1.82) is 0 Å². The molecular weight excluding hydrogens is 488 g/mol. The zero-order valence-electron chi connectivity index (χ0n) is 17.6. The van der Waals surface area contributed by atoms with E-state index in [0.717, 1.165) is 22.2 Å². The van der Waals surface area contributed by atoms with Crippen molar-refractivity contribution in [2.45, 2.75) is 11.3 Å². The molecule has 0 atom stereocenters. The van der Waals surface area contributed by atoms with Crippen LogP contribution in [0.4, 0.5) is 4.79 Å². The molecule has 0 radical (unpaired) electrons. The molecule has 0 unspecified atom stereocenters. The molecule has 1 aliphatic rings. The maximum absolute atomic E-state index is 12.5. The first-order valence-electron chi connectivity index (χ1n) is 9.84. The number of imide groups is 1. The number of amides is 3. The molecule has 33 heavy (non-hydrogen) atoms. The van der Waals surface area contributed by atoms with E-state index in [2.05, 4.69) is 5.32 Å². The summed E-state index contributed by atoms with van der Waals surface area (Å²) < 4.78 is 29.7. The van der Waals surface area contributed by atoms with Gasteiger partial charge in [-0.3, -0.25) is 19.3 Å². The average Bonchev–Trinajstić information content (AvgIpc) is 3.06. The normalized spacial score (nSPS) is 15.2. The maximum atomic E-state index is 12.5. The molecule has 1 N–H and O–H groups in total. The van der Waals surface area contributed by atoms with Crippen LogP contribution in [0.15, 0.2) is 58.3 Å². The molecule has 1 fully saturated rings. The van der Waals surface area contributed by atoms with E-state index in [0.29, 0.717) is 10.8 Å². The van der Waals surface area contributed by atoms with E-state index in [4.69, 9.17) is 16.3 Å². The Morgan fingerprint density at radius 1 is 1.12 bits per heavy atom. The van der Waals surface area contributed by atoms with E-state index >= 15 is 0 Å². The molecule has 3 amide bonds. The van der Waals surface area contributed by atoms with E-state index in [1.165, 1.54) is 24.3 Å². The largest absolute Gasteiger partial charge is 0.497 e. The lowest BCUT2D eigenvalue weighted by Crippen LogP contribution is -2.37. The van der Waals surface area contributed by atoms with E-state index < -0.39 is 26.9 Å². The number of carbonyl (C=O) groups is 3. The summed E-state index contributed by atoms with van der Waals surface area (Å²) in [6.07, 6.45) is 1.37. The molecule has 1 heterocycles. The van der Waals surface area contributed by atoms with Crippen molar-refractivity contribution in [1.82, 2.24) is 10.2 Å². The Kier molecular flexibility index (Phi) is 8.17. The summed E-state index contributed by atoms with van der Waals surface area (Å²) in [6, 6.07) is 12.7. The summed E-state index contributed by atoms with van der Waals surface area (Å²) in [7, 11) is -2.08. The lowest BCUT2D eigenvalue weighted by molar-refractivity contribution is -0.124. The molecule has 0 saturated carbocycles. The molecule has 0 spiro atoms. The van der Waals surface area contributed by atoms with Gasteiger partial charge < -0.3 is 10.1 Å². The maximum Gasteiger partial charge on any atom is 0.293 e. The second-order valence-electron chi connectivity index (χ2n) is 6.98. The molecule has 11 heteroatoms. The highest BCUT2D eigenvalue weighted by atomic mass is 35.5. The fourth-order valence-electron chi connectivity index (χ4n) is 2.93. The van der Waals surface area contributed by atoms with Gasteiger partial charge >= 0.3 is 0 Å². The van der Waals surface area contributed by atoms with Crippen molar-refractivity contribution in [2.75, 3.05) is 26.0 Å². The molecule has 0 aliphatic carbocycles. The summed E-state index contributed by atoms with van der Waals surface area (Å²) in [5.74, 6) is -0.627. The van der Waals surface area contributed by atoms with Crippen LogP contribution in [0, 0.1) is 0 Å². The lowest BCUT2D eigenvalue weighted by Gasteiger charge is -2.13. The molecule has 174 valence electrons. The number of nitrogens with one attached hydrogen (secondary N) is 1. The molecule has 0 bridgehead atoms. The zero-order valence-corrected chi connectivity index (χ0v) is 20.0. The minimum absolute atomic E-state index is 0.0136. The van der Waals surface area contributed by atoms with Crippen LogP contribution < -0.4 is 10.1 Å². The summed E-state index contributed by atoms with van der Waals surface area (Å²) >= 11 is 6.58. The number of carbonyl (C=O) groups excluding carboxylic acids is 3. The lowest BCUT2D eigenvalue weighted by atomic mass is 10.2. The van der Waals surface area contributed by atoms with Gasteiger partial charge in [0.15, 0.2) is 9.84 Å². The highest BCUT2D eigenvalue weighted by molar-refractivity contribution is 8.18. The first-order chi connectivity index (χ1) is 15.7. The smallest absolute Gasteiger partial charge is 0.293 e.